The molecule has 1 aliphatic heterocycles. The quantitative estimate of drug-likeness (QED) is 0.144. The molecule has 0 aromatic carbocycles. The van der Waals surface area contributed by atoms with Crippen LogP contribution in [0.3, 0.4) is 0 Å². The summed E-state index contributed by atoms with van der Waals surface area (Å²) in [7, 11) is 0. The average Bonchev–Trinajstić information content (AvgIpc) is 3.61. The molecule has 3 aromatic rings. The van der Waals surface area contributed by atoms with Crippen molar-refractivity contribution in [3.63, 3.8) is 0 Å². The molecule has 4 rings (SSSR count). The number of nitrogens with one attached hydrogen (secondary N) is 2. The highest BCUT2D eigenvalue weighted by Gasteiger charge is 2.48. The summed E-state index contributed by atoms with van der Waals surface area (Å²) in [5, 5.41) is 12.0. The average molecular weight is 630 g/mol. The van der Waals surface area contributed by atoms with Gasteiger partial charge in [-0.3, -0.25) is 14.2 Å². The first-order valence-electron chi connectivity index (χ1n) is 13.5. The highest BCUT2D eigenvalue weighted by atomic mass is 35.5. The van der Waals surface area contributed by atoms with E-state index in [1.165, 1.54) is 35.5 Å². The van der Waals surface area contributed by atoms with Crippen LogP contribution in [0.2, 0.25) is 5.15 Å². The predicted octanol–water partition coefficient (Wildman–Crippen LogP) is 5.93. The number of hydrogen-bond acceptors (Lipinski definition) is 8. The number of carbonyl (C=O) groups excluding carboxylic acids is 1. The van der Waals surface area contributed by atoms with Crippen LogP contribution in [0, 0.1) is 18.3 Å². The molecule has 3 aromatic heterocycles. The van der Waals surface area contributed by atoms with Gasteiger partial charge in [-0.1, -0.05) is 11.6 Å². The molecule has 0 bridgehead atoms. The Morgan fingerprint density at radius 1 is 1.29 bits per heavy atom. The summed E-state index contributed by atoms with van der Waals surface area (Å²) >= 11 is 6.99. The van der Waals surface area contributed by atoms with Crippen LogP contribution in [-0.2, 0) is 6.54 Å². The number of ether oxygens (including phenoxy) is 1. The minimum absolute atomic E-state index is 0.00520. The second-order valence-electron chi connectivity index (χ2n) is 11.7. The van der Waals surface area contributed by atoms with Gasteiger partial charge in [0.05, 0.1) is 22.9 Å². The molecule has 0 aliphatic carbocycles. The van der Waals surface area contributed by atoms with Crippen LogP contribution in [0.1, 0.15) is 63.0 Å². The Kier molecular flexibility index (Phi) is 9.68. The van der Waals surface area contributed by atoms with Crippen LogP contribution in [0.4, 0.5) is 13.2 Å². The van der Waals surface area contributed by atoms with Crippen molar-refractivity contribution >= 4 is 29.7 Å². The molecule has 1 aliphatic rings. The predicted molar refractivity (Wildman–Crippen MR) is 154 cm³/mol. The maximum absolute atomic E-state index is 13.1. The smallest absolute Gasteiger partial charge is 0.397 e. The van der Waals surface area contributed by atoms with Crippen molar-refractivity contribution in [1.29, 1.82) is 0 Å². The maximum Gasteiger partial charge on any atom is 0.397 e. The molecule has 230 valence electrons. The molecule has 2 N–H and O–H groups in total. The van der Waals surface area contributed by atoms with Gasteiger partial charge in [0, 0.05) is 24.3 Å². The Bertz CT molecular complexity index is 1390. The van der Waals surface area contributed by atoms with Crippen LogP contribution < -0.4 is 19.0 Å². The lowest BCUT2D eigenvalue weighted by Crippen LogP contribution is -2.37. The van der Waals surface area contributed by atoms with Crippen LogP contribution in [0.5, 0.6) is 11.6 Å². The number of nitrogens with zero attached hydrogens (tertiary/aromatic N) is 5. The summed E-state index contributed by atoms with van der Waals surface area (Å²) in [6, 6.07) is 4.37. The number of hydrogen-bond donors (Lipinski definition) is 2. The van der Waals surface area contributed by atoms with E-state index >= 15 is 0 Å². The largest absolute Gasteiger partial charge is 0.476 e. The molecule has 1 amide bonds. The molecule has 0 radical (unpaired) electrons. The molecule has 10 nitrogen and oxygen atoms in total. The molecule has 1 saturated heterocycles. The number of aryl methyl sites for hydroxylation is 1. The van der Waals surface area contributed by atoms with E-state index in [2.05, 4.69) is 39.1 Å². The van der Waals surface area contributed by atoms with Gasteiger partial charge in [0.2, 0.25) is 5.88 Å². The third-order valence-corrected chi connectivity index (χ3v) is 8.02. The van der Waals surface area contributed by atoms with Gasteiger partial charge in [0.1, 0.15) is 11.8 Å². The van der Waals surface area contributed by atoms with Gasteiger partial charge in [-0.2, -0.15) is 18.3 Å². The lowest BCUT2D eigenvalue weighted by atomic mass is 9.94. The molecule has 1 atom stereocenters. The van der Waals surface area contributed by atoms with Crippen LogP contribution in [-0.4, -0.2) is 55.3 Å². The third-order valence-electron chi connectivity index (χ3n) is 7.20. The van der Waals surface area contributed by atoms with Crippen LogP contribution >= 0.6 is 23.8 Å². The normalized spacial score (nSPS) is 16.9. The van der Waals surface area contributed by atoms with Gasteiger partial charge < -0.3 is 14.2 Å². The lowest BCUT2D eigenvalue weighted by molar-refractivity contribution is -0.219. The maximum atomic E-state index is 13.1. The number of halogens is 4. The third kappa shape index (κ3) is 7.90. The molecule has 0 saturated carbocycles. The van der Waals surface area contributed by atoms with E-state index in [9.17, 15) is 18.0 Å². The summed E-state index contributed by atoms with van der Waals surface area (Å²) in [5.74, 6) is 0.929. The van der Waals surface area contributed by atoms with Crippen molar-refractivity contribution in [2.45, 2.75) is 72.1 Å². The Labute approximate surface area is 252 Å². The van der Waals surface area contributed by atoms with E-state index in [1.54, 1.807) is 6.20 Å². The van der Waals surface area contributed by atoms with Gasteiger partial charge in [0.25, 0.3) is 5.91 Å². The van der Waals surface area contributed by atoms with E-state index in [4.69, 9.17) is 20.5 Å². The van der Waals surface area contributed by atoms with Gasteiger partial charge in [-0.05, 0) is 78.5 Å². The standard InChI is InChI=1S/C27H35ClF3N7O3S/c1-17-20(15-33-37(17)11-6-7-18-13-26(4,5)32-14-18)41-42-36-24(39)19-8-9-21(34-23(19)28)38-12-10-22(35-38)40-16-25(2,3)27(29,30)31/h8-10,12,15,18,32H,6-7,11,13-14,16H2,1-5H3,(H,36,39). The van der Waals surface area contributed by atoms with E-state index in [0.717, 1.165) is 57.7 Å². The first-order valence-corrected chi connectivity index (χ1v) is 14.6. The first kappa shape index (κ1) is 32.0. The lowest BCUT2D eigenvalue weighted by Gasteiger charge is -2.26. The molecule has 42 heavy (non-hydrogen) atoms. The van der Waals surface area contributed by atoms with Crippen LogP contribution in [0.25, 0.3) is 5.82 Å². The summed E-state index contributed by atoms with van der Waals surface area (Å²) in [4.78, 5) is 16.9. The Morgan fingerprint density at radius 3 is 2.71 bits per heavy atom. The van der Waals surface area contributed by atoms with Gasteiger partial charge in [-0.15, -0.1) is 5.10 Å². The first-order chi connectivity index (χ1) is 19.6. The highest BCUT2D eigenvalue weighted by Crippen LogP contribution is 2.37. The van der Waals surface area contributed by atoms with Crippen molar-refractivity contribution in [2.24, 2.45) is 11.3 Å². The van der Waals surface area contributed by atoms with Gasteiger partial charge in [0.15, 0.2) is 23.8 Å². The molecule has 15 heteroatoms. The molecular weight excluding hydrogens is 595 g/mol. The number of carbonyl (C=O) groups is 1. The molecule has 4 heterocycles. The fourth-order valence-electron chi connectivity index (χ4n) is 4.49. The van der Waals surface area contributed by atoms with Gasteiger partial charge in [-0.25, -0.2) is 9.67 Å². The van der Waals surface area contributed by atoms with E-state index in [-0.39, 0.29) is 28.0 Å². The molecule has 0 spiro atoms. The molecule has 1 unspecified atom stereocenters. The van der Waals surface area contributed by atoms with Gasteiger partial charge >= 0.3 is 6.18 Å². The number of amides is 1. The molecule has 1 fully saturated rings. The highest BCUT2D eigenvalue weighted by molar-refractivity contribution is 7.93. The fourth-order valence-corrected chi connectivity index (χ4v) is 5.20. The van der Waals surface area contributed by atoms with E-state index in [1.807, 2.05) is 11.6 Å². The van der Waals surface area contributed by atoms with E-state index in [0.29, 0.717) is 11.7 Å². The van der Waals surface area contributed by atoms with Crippen molar-refractivity contribution in [3.8, 4) is 17.4 Å². The topological polar surface area (TPSA) is 108 Å². The fraction of sp³-hybridized carbons (Fsp3) is 0.556. The SMILES string of the molecule is Cc1c(OSNC(=O)c2ccc(-n3ccc(OCC(C)(C)C(F)(F)F)n3)nc2Cl)cnn1CCCC1CNC(C)(C)C1. The zero-order chi connectivity index (χ0) is 30.7. The summed E-state index contributed by atoms with van der Waals surface area (Å²) in [6.07, 6.45) is 1.97. The second kappa shape index (κ2) is 12.7. The van der Waals surface area contributed by atoms with Crippen molar-refractivity contribution in [3.05, 3.63) is 47.0 Å². The summed E-state index contributed by atoms with van der Waals surface area (Å²) < 4.78 is 55.8. The monoisotopic (exact) mass is 629 g/mol. The summed E-state index contributed by atoms with van der Waals surface area (Å²) in [6.45, 7) is 9.69. The minimum Gasteiger partial charge on any atom is -0.476 e. The van der Waals surface area contributed by atoms with Crippen LogP contribution in [0.15, 0.2) is 30.6 Å². The summed E-state index contributed by atoms with van der Waals surface area (Å²) in [5.41, 5.74) is -0.878. The molecular formula is C27H35ClF3N7O3S. The number of rotatable bonds is 12. The number of pyridine rings is 1. The Balaban J connectivity index is 1.25. The Hall–Kier alpha value is -2.97. The second-order valence-corrected chi connectivity index (χ2v) is 12.6. The van der Waals surface area contributed by atoms with Crippen molar-refractivity contribution in [1.82, 2.24) is 34.6 Å². The zero-order valence-electron chi connectivity index (χ0n) is 24.1. The Morgan fingerprint density at radius 2 is 2.05 bits per heavy atom. The number of aromatic nitrogens is 5. The van der Waals surface area contributed by atoms with Crippen molar-refractivity contribution in [2.75, 3.05) is 13.2 Å². The van der Waals surface area contributed by atoms with E-state index < -0.39 is 24.1 Å². The van der Waals surface area contributed by atoms with Crippen molar-refractivity contribution < 1.29 is 26.9 Å². The number of alkyl halides is 3. The zero-order valence-corrected chi connectivity index (χ0v) is 25.7. The minimum atomic E-state index is -4.42.